The van der Waals surface area contributed by atoms with Gasteiger partial charge in [-0.2, -0.15) is 0 Å². The molecule has 0 saturated carbocycles. The van der Waals surface area contributed by atoms with E-state index < -0.39 is 8.03 Å². The van der Waals surface area contributed by atoms with E-state index in [2.05, 4.69) is 0 Å². The highest BCUT2D eigenvalue weighted by atomic mass is 35.5. The molecular weight excluding hydrogens is 134 g/mol. The molecule has 0 fully saturated rings. The average Bonchev–Trinajstić information content (AvgIpc) is 1.61. The molecule has 1 unspecified atom stereocenters. The minimum atomic E-state index is -2.19. The molecule has 4 heteroatoms. The second-order valence-corrected chi connectivity index (χ2v) is 2.59. The van der Waals surface area contributed by atoms with Crippen molar-refractivity contribution in [2.75, 3.05) is 12.0 Å². The second kappa shape index (κ2) is 4.51. The molecule has 0 aliphatic heterocycles. The lowest BCUT2D eigenvalue weighted by Crippen LogP contribution is -1.90. The van der Waals surface area contributed by atoms with E-state index in [9.17, 15) is 9.46 Å². The topological polar surface area (TPSA) is 40.1 Å². The van der Waals surface area contributed by atoms with Gasteiger partial charge in [-0.3, -0.25) is 0 Å². The fourth-order valence-corrected chi connectivity index (χ4v) is 0.925. The van der Waals surface area contributed by atoms with Crippen LogP contribution in [0, 0.1) is 0 Å². The first-order valence-corrected chi connectivity index (χ1v) is 3.85. The van der Waals surface area contributed by atoms with E-state index in [0.29, 0.717) is 12.3 Å². The van der Waals surface area contributed by atoms with E-state index in [4.69, 9.17) is 11.6 Å². The number of hydrogen-bond donors (Lipinski definition) is 0. The van der Waals surface area contributed by atoms with Crippen molar-refractivity contribution in [1.82, 2.24) is 0 Å². The Morgan fingerprint density at radius 2 is 2.29 bits per heavy atom. The van der Waals surface area contributed by atoms with Gasteiger partial charge in [0.25, 0.3) is 0 Å². The summed E-state index contributed by atoms with van der Waals surface area (Å²) >= 11 is 5.18. The summed E-state index contributed by atoms with van der Waals surface area (Å²) in [6.45, 7) is 0. The van der Waals surface area contributed by atoms with Gasteiger partial charge in [-0.25, -0.2) is 0 Å². The maximum absolute atomic E-state index is 9.74. The van der Waals surface area contributed by atoms with Crippen molar-refractivity contribution in [2.45, 2.75) is 6.42 Å². The third-order valence-corrected chi connectivity index (χ3v) is 1.42. The molecule has 0 aromatic carbocycles. The van der Waals surface area contributed by atoms with Crippen LogP contribution in [-0.4, -0.2) is 12.0 Å². The SMILES string of the molecule is O=[P+]([O-])CCCCl. The minimum absolute atomic E-state index is 0.221. The van der Waals surface area contributed by atoms with Gasteiger partial charge >= 0.3 is 8.03 Å². The smallest absolute Gasteiger partial charge is 0.308 e. The van der Waals surface area contributed by atoms with Gasteiger partial charge in [0.2, 0.25) is 0 Å². The van der Waals surface area contributed by atoms with Crippen LogP contribution in [0.4, 0.5) is 0 Å². The van der Waals surface area contributed by atoms with Crippen LogP contribution >= 0.6 is 19.6 Å². The van der Waals surface area contributed by atoms with Gasteiger partial charge in [0.1, 0.15) is 6.16 Å². The monoisotopic (exact) mass is 140 g/mol. The summed E-state index contributed by atoms with van der Waals surface area (Å²) in [6.07, 6.45) is 0.791. The van der Waals surface area contributed by atoms with E-state index in [1.54, 1.807) is 0 Å². The summed E-state index contributed by atoms with van der Waals surface area (Å²) < 4.78 is 9.74. The molecule has 0 amide bonds. The zero-order valence-corrected chi connectivity index (χ0v) is 5.41. The quantitative estimate of drug-likeness (QED) is 0.428. The highest BCUT2D eigenvalue weighted by molar-refractivity contribution is 7.36. The van der Waals surface area contributed by atoms with Gasteiger partial charge < -0.3 is 4.89 Å². The Balaban J connectivity index is 2.82. The van der Waals surface area contributed by atoms with Crippen molar-refractivity contribution in [1.29, 1.82) is 0 Å². The molecular formula is C3H6ClO2P. The number of halogens is 1. The normalized spacial score (nSPS) is 11.4. The summed E-state index contributed by atoms with van der Waals surface area (Å²) in [5.41, 5.74) is 0. The first-order valence-electron chi connectivity index (χ1n) is 1.95. The molecule has 0 aromatic rings. The molecule has 0 saturated heterocycles. The second-order valence-electron chi connectivity index (χ2n) is 1.10. The molecule has 0 N–H and O–H groups in total. The summed E-state index contributed by atoms with van der Waals surface area (Å²) in [4.78, 5) is 9.74. The molecule has 7 heavy (non-hydrogen) atoms. The van der Waals surface area contributed by atoms with Gasteiger partial charge in [-0.05, 0) is 0 Å². The summed E-state index contributed by atoms with van der Waals surface area (Å²) in [7, 11) is -2.19. The Hall–Kier alpha value is 0.350. The number of alkyl halides is 1. The molecule has 1 atom stereocenters. The number of hydrogen-bond acceptors (Lipinski definition) is 2. The fraction of sp³-hybridized carbons (Fsp3) is 1.00. The van der Waals surface area contributed by atoms with Crippen LogP contribution in [-0.2, 0) is 4.57 Å². The van der Waals surface area contributed by atoms with E-state index in [-0.39, 0.29) is 6.16 Å². The van der Waals surface area contributed by atoms with Crippen LogP contribution < -0.4 is 4.89 Å². The third kappa shape index (κ3) is 6.35. The maximum atomic E-state index is 9.74. The molecule has 0 bridgehead atoms. The molecule has 42 valence electrons. The minimum Gasteiger partial charge on any atom is -0.596 e. The Morgan fingerprint density at radius 1 is 1.71 bits per heavy atom. The van der Waals surface area contributed by atoms with Crippen molar-refractivity contribution >= 4 is 19.6 Å². The molecule has 0 heterocycles. The highest BCUT2D eigenvalue weighted by Crippen LogP contribution is 2.07. The van der Waals surface area contributed by atoms with Crippen molar-refractivity contribution in [3.8, 4) is 0 Å². The van der Waals surface area contributed by atoms with Crippen molar-refractivity contribution in [3.63, 3.8) is 0 Å². The standard InChI is InChI=1S/C3H6ClO2P/c4-2-1-3-7(5)6/h1-3H2. The molecule has 0 radical (unpaired) electrons. The van der Waals surface area contributed by atoms with Gasteiger partial charge in [-0.1, -0.05) is 4.57 Å². The molecule has 0 aliphatic carbocycles. The van der Waals surface area contributed by atoms with Crippen LogP contribution in [0.5, 0.6) is 0 Å². The first-order chi connectivity index (χ1) is 3.27. The van der Waals surface area contributed by atoms with Crippen LogP contribution in [0.25, 0.3) is 0 Å². The zero-order valence-electron chi connectivity index (χ0n) is 3.76. The Morgan fingerprint density at radius 3 is 2.43 bits per heavy atom. The highest BCUT2D eigenvalue weighted by Gasteiger charge is 1.95. The number of rotatable bonds is 3. The van der Waals surface area contributed by atoms with Crippen molar-refractivity contribution in [3.05, 3.63) is 0 Å². The van der Waals surface area contributed by atoms with Gasteiger partial charge in [-0.15, -0.1) is 11.6 Å². The molecule has 2 nitrogen and oxygen atoms in total. The Kier molecular flexibility index (Phi) is 4.73. The molecule has 0 aromatic heterocycles. The predicted molar refractivity (Wildman–Crippen MR) is 27.8 cm³/mol. The molecule has 0 spiro atoms. The van der Waals surface area contributed by atoms with Crippen LogP contribution in [0.15, 0.2) is 0 Å². The van der Waals surface area contributed by atoms with E-state index in [1.165, 1.54) is 0 Å². The lowest BCUT2D eigenvalue weighted by molar-refractivity contribution is -0.164. The zero-order chi connectivity index (χ0) is 5.70. The van der Waals surface area contributed by atoms with Crippen molar-refractivity contribution < 1.29 is 9.46 Å². The lowest BCUT2D eigenvalue weighted by Gasteiger charge is -1.82. The largest absolute Gasteiger partial charge is 0.596 e. The maximum Gasteiger partial charge on any atom is 0.308 e. The van der Waals surface area contributed by atoms with Gasteiger partial charge in [0.05, 0.1) is 0 Å². The van der Waals surface area contributed by atoms with Gasteiger partial charge in [0.15, 0.2) is 0 Å². The first kappa shape index (κ1) is 7.35. The van der Waals surface area contributed by atoms with E-state index >= 15 is 0 Å². The average molecular weight is 141 g/mol. The Labute approximate surface area is 48.4 Å². The molecule has 0 aliphatic rings. The summed E-state index contributed by atoms with van der Waals surface area (Å²) in [5, 5.41) is 0. The van der Waals surface area contributed by atoms with E-state index in [0.717, 1.165) is 0 Å². The lowest BCUT2D eigenvalue weighted by atomic mass is 10.6. The third-order valence-electron chi connectivity index (χ3n) is 0.474. The molecule has 0 rings (SSSR count). The Bertz CT molecular complexity index is 66.0. The van der Waals surface area contributed by atoms with Crippen molar-refractivity contribution in [2.24, 2.45) is 0 Å². The van der Waals surface area contributed by atoms with Crippen LogP contribution in [0.1, 0.15) is 6.42 Å². The van der Waals surface area contributed by atoms with Gasteiger partial charge in [0, 0.05) is 12.3 Å². The fourth-order valence-electron chi connectivity index (χ4n) is 0.189. The summed E-state index contributed by atoms with van der Waals surface area (Å²) in [5.74, 6) is 0.434. The summed E-state index contributed by atoms with van der Waals surface area (Å²) in [6, 6.07) is 0. The van der Waals surface area contributed by atoms with Crippen LogP contribution in [0.2, 0.25) is 0 Å². The predicted octanol–water partition coefficient (Wildman–Crippen LogP) is 0.718. The van der Waals surface area contributed by atoms with Crippen LogP contribution in [0.3, 0.4) is 0 Å². The van der Waals surface area contributed by atoms with E-state index in [1.807, 2.05) is 0 Å².